The molecule has 0 spiro atoms. The van der Waals surface area contributed by atoms with E-state index in [-0.39, 0.29) is 11.7 Å². The van der Waals surface area contributed by atoms with Crippen molar-refractivity contribution >= 4 is 28.5 Å². The maximum absolute atomic E-state index is 12.7. The summed E-state index contributed by atoms with van der Waals surface area (Å²) in [7, 11) is 2.54. The van der Waals surface area contributed by atoms with Gasteiger partial charge in [0.1, 0.15) is 5.82 Å². The van der Waals surface area contributed by atoms with Crippen LogP contribution in [0.15, 0.2) is 18.2 Å². The summed E-state index contributed by atoms with van der Waals surface area (Å²) in [5.74, 6) is -0.504. The molecule has 78 valence electrons. The molecule has 1 rings (SSSR count). The van der Waals surface area contributed by atoms with Crippen molar-refractivity contribution < 1.29 is 14.3 Å². The molecule has 0 saturated heterocycles. The first-order valence-electron chi connectivity index (χ1n) is 3.77. The van der Waals surface area contributed by atoms with Gasteiger partial charge in [-0.25, -0.2) is 4.39 Å². The Morgan fingerprint density at radius 2 is 2.07 bits per heavy atom. The minimum atomic E-state index is -0.303. The van der Waals surface area contributed by atoms with Crippen LogP contribution in [-0.4, -0.2) is 25.2 Å². The maximum atomic E-state index is 12.7. The number of nitrogens with one attached hydrogen (secondary N) is 1. The van der Waals surface area contributed by atoms with E-state index >= 15 is 0 Å². The van der Waals surface area contributed by atoms with Crippen molar-refractivity contribution in [3.05, 3.63) is 33.1 Å². The molecular weight excluding hydrogens is 300 g/mol. The summed E-state index contributed by atoms with van der Waals surface area (Å²) in [4.78, 5) is 11.0. The monoisotopic (exact) mass is 311 g/mol. The van der Waals surface area contributed by atoms with E-state index in [9.17, 15) is 9.18 Å². The van der Waals surface area contributed by atoms with Gasteiger partial charge in [-0.2, -0.15) is 0 Å². The number of halogens is 2. The first-order valence-corrected chi connectivity index (χ1v) is 4.85. The topological polar surface area (TPSA) is 49.3 Å². The van der Waals surface area contributed by atoms with Gasteiger partial charge in [0.15, 0.2) is 0 Å². The fraction of sp³-hybridized carbons (Fsp3) is 0.222. The van der Waals surface area contributed by atoms with E-state index < -0.39 is 0 Å². The van der Waals surface area contributed by atoms with E-state index in [1.165, 1.54) is 18.2 Å². The van der Waals surface area contributed by atoms with Gasteiger partial charge in [-0.15, -0.1) is 0 Å². The predicted octanol–water partition coefficient (Wildman–Crippen LogP) is 1.40. The van der Waals surface area contributed by atoms with Gasteiger partial charge in [-0.05, 0) is 40.8 Å². The number of hydrogen-bond donors (Lipinski definition) is 2. The first kappa shape index (κ1) is 13.3. The van der Waals surface area contributed by atoms with Gasteiger partial charge in [0.2, 0.25) is 0 Å². The second kappa shape index (κ2) is 6.72. The van der Waals surface area contributed by atoms with Crippen molar-refractivity contribution in [2.75, 3.05) is 14.2 Å². The van der Waals surface area contributed by atoms with Gasteiger partial charge >= 0.3 is 0 Å². The molecule has 0 fully saturated rings. The second-order valence-corrected chi connectivity index (χ2v) is 3.37. The molecule has 1 amide bonds. The number of aliphatic hydroxyl groups is 1. The number of hydrogen-bond acceptors (Lipinski definition) is 2. The first-order chi connectivity index (χ1) is 6.65. The van der Waals surface area contributed by atoms with Gasteiger partial charge in [0.05, 0.1) is 0 Å². The van der Waals surface area contributed by atoms with Crippen LogP contribution in [-0.2, 0) is 0 Å². The molecule has 2 N–H and O–H groups in total. The summed E-state index contributed by atoms with van der Waals surface area (Å²) in [5.41, 5.74) is 0.475. The summed E-state index contributed by atoms with van der Waals surface area (Å²) >= 11 is 1.84. The van der Waals surface area contributed by atoms with Gasteiger partial charge in [-0.3, -0.25) is 4.79 Å². The van der Waals surface area contributed by atoms with Crippen LogP contribution in [0, 0.1) is 9.39 Å². The van der Waals surface area contributed by atoms with Gasteiger partial charge < -0.3 is 10.4 Å². The summed E-state index contributed by atoms with van der Waals surface area (Å²) < 4.78 is 13.2. The Morgan fingerprint density at radius 1 is 1.50 bits per heavy atom. The highest BCUT2D eigenvalue weighted by molar-refractivity contribution is 14.1. The van der Waals surface area contributed by atoms with Crippen molar-refractivity contribution in [2.24, 2.45) is 0 Å². The molecule has 0 atom stereocenters. The van der Waals surface area contributed by atoms with Gasteiger partial charge in [0.25, 0.3) is 5.91 Å². The van der Waals surface area contributed by atoms with Crippen molar-refractivity contribution in [3.8, 4) is 0 Å². The average molecular weight is 311 g/mol. The lowest BCUT2D eigenvalue weighted by Gasteiger charge is -2.00. The van der Waals surface area contributed by atoms with Crippen molar-refractivity contribution in [3.63, 3.8) is 0 Å². The van der Waals surface area contributed by atoms with E-state index in [1.807, 2.05) is 22.6 Å². The Balaban J connectivity index is 0.000000791. The van der Waals surface area contributed by atoms with Crippen LogP contribution in [0.3, 0.4) is 0 Å². The zero-order valence-electron chi connectivity index (χ0n) is 7.84. The van der Waals surface area contributed by atoms with Crippen molar-refractivity contribution in [1.29, 1.82) is 0 Å². The molecule has 1 aromatic rings. The Hall–Kier alpha value is -0.690. The van der Waals surface area contributed by atoms with Crippen LogP contribution in [0.25, 0.3) is 0 Å². The lowest BCUT2D eigenvalue weighted by atomic mass is 10.2. The zero-order valence-corrected chi connectivity index (χ0v) is 10.0. The minimum Gasteiger partial charge on any atom is -0.400 e. The number of rotatable bonds is 1. The Morgan fingerprint density at radius 3 is 2.50 bits per heavy atom. The highest BCUT2D eigenvalue weighted by atomic mass is 127. The maximum Gasteiger partial charge on any atom is 0.251 e. The van der Waals surface area contributed by atoms with Crippen molar-refractivity contribution in [1.82, 2.24) is 5.32 Å². The number of benzene rings is 1. The standard InChI is InChI=1S/C8H7FINO.CH4O/c1-11-8(12)5-2-3-6(9)7(10)4-5;1-2/h2-4H,1H3,(H,11,12);2H,1H3. The predicted molar refractivity (Wildman–Crippen MR) is 60.7 cm³/mol. The minimum absolute atomic E-state index is 0.201. The van der Waals surface area contributed by atoms with Crippen LogP contribution in [0.5, 0.6) is 0 Å². The molecule has 0 aliphatic heterocycles. The molecule has 1 aromatic carbocycles. The third-order valence-electron chi connectivity index (χ3n) is 1.41. The number of aliphatic hydroxyl groups excluding tert-OH is 1. The summed E-state index contributed by atoms with van der Waals surface area (Å²) in [5, 5.41) is 9.46. The fourth-order valence-corrected chi connectivity index (χ4v) is 1.30. The Kier molecular flexibility index (Phi) is 6.39. The van der Waals surface area contributed by atoms with Crippen LogP contribution in [0.4, 0.5) is 4.39 Å². The van der Waals surface area contributed by atoms with Crippen LogP contribution < -0.4 is 5.32 Å². The number of amides is 1. The summed E-state index contributed by atoms with van der Waals surface area (Å²) in [6, 6.07) is 4.25. The van der Waals surface area contributed by atoms with E-state index in [1.54, 1.807) is 7.05 Å². The molecule has 0 aliphatic carbocycles. The van der Waals surface area contributed by atoms with Crippen molar-refractivity contribution in [2.45, 2.75) is 0 Å². The van der Waals surface area contributed by atoms with Crippen LogP contribution in [0.2, 0.25) is 0 Å². The zero-order chi connectivity index (χ0) is 11.1. The molecule has 0 aromatic heterocycles. The summed E-state index contributed by atoms with van der Waals surface area (Å²) in [6.07, 6.45) is 0. The third kappa shape index (κ3) is 3.59. The number of carbonyl (C=O) groups excluding carboxylic acids is 1. The molecule has 0 aliphatic rings. The molecule has 0 bridgehead atoms. The molecule has 5 heteroatoms. The van der Waals surface area contributed by atoms with Gasteiger partial charge in [-0.1, -0.05) is 0 Å². The fourth-order valence-electron chi connectivity index (χ4n) is 0.782. The highest BCUT2D eigenvalue weighted by Crippen LogP contribution is 2.12. The molecule has 0 saturated carbocycles. The number of carbonyl (C=O) groups is 1. The smallest absolute Gasteiger partial charge is 0.251 e. The van der Waals surface area contributed by atoms with E-state index in [2.05, 4.69) is 5.32 Å². The summed E-state index contributed by atoms with van der Waals surface area (Å²) in [6.45, 7) is 0. The van der Waals surface area contributed by atoms with Crippen LogP contribution >= 0.6 is 22.6 Å². The second-order valence-electron chi connectivity index (χ2n) is 2.21. The molecule has 0 unspecified atom stereocenters. The highest BCUT2D eigenvalue weighted by Gasteiger charge is 2.05. The average Bonchev–Trinajstić information content (AvgIpc) is 2.24. The third-order valence-corrected chi connectivity index (χ3v) is 2.24. The largest absolute Gasteiger partial charge is 0.400 e. The molecule has 14 heavy (non-hydrogen) atoms. The molecular formula is C9H11FINO2. The Bertz CT molecular complexity index is 318. The SMILES string of the molecule is CNC(=O)c1ccc(F)c(I)c1.CO. The van der Waals surface area contributed by atoms with Crippen LogP contribution in [0.1, 0.15) is 10.4 Å². The molecule has 0 heterocycles. The molecule has 3 nitrogen and oxygen atoms in total. The van der Waals surface area contributed by atoms with E-state index in [0.29, 0.717) is 9.13 Å². The van der Waals surface area contributed by atoms with Gasteiger partial charge in [0, 0.05) is 23.3 Å². The normalized spacial score (nSPS) is 8.64. The lowest BCUT2D eigenvalue weighted by Crippen LogP contribution is -2.17. The van der Waals surface area contributed by atoms with E-state index in [4.69, 9.17) is 5.11 Å². The molecule has 0 radical (unpaired) electrons. The quantitative estimate of drug-likeness (QED) is 0.770. The van der Waals surface area contributed by atoms with E-state index in [0.717, 1.165) is 7.11 Å². The Labute approximate surface area is 95.5 Å². The lowest BCUT2D eigenvalue weighted by molar-refractivity contribution is 0.0963.